The van der Waals surface area contributed by atoms with Crippen molar-refractivity contribution in [3.05, 3.63) is 29.6 Å². The highest BCUT2D eigenvalue weighted by Crippen LogP contribution is 2.25. The third-order valence-electron chi connectivity index (χ3n) is 3.01. The number of para-hydroxylation sites is 1. The van der Waals surface area contributed by atoms with Crippen LogP contribution < -0.4 is 15.8 Å². The average molecular weight is 252 g/mol. The maximum atomic E-state index is 13.7. The fraction of sp³-hybridized carbons (Fsp3) is 0.462. The normalized spacial score (nSPS) is 20.1. The SMILES string of the molecule is NCc1cccc(F)c1OC1CCCCNC1=O. The molecule has 18 heavy (non-hydrogen) atoms. The molecule has 0 aliphatic carbocycles. The first kappa shape index (κ1) is 12.8. The summed E-state index contributed by atoms with van der Waals surface area (Å²) in [6.45, 7) is 0.834. The number of ether oxygens (including phenoxy) is 1. The zero-order chi connectivity index (χ0) is 13.0. The number of carbonyl (C=O) groups excluding carboxylic acids is 1. The second kappa shape index (κ2) is 5.82. The van der Waals surface area contributed by atoms with E-state index in [1.807, 2.05) is 0 Å². The first-order valence-electron chi connectivity index (χ1n) is 6.14. The molecule has 0 bridgehead atoms. The smallest absolute Gasteiger partial charge is 0.261 e. The summed E-state index contributed by atoms with van der Waals surface area (Å²) in [5.74, 6) is -0.559. The molecule has 0 saturated carbocycles. The zero-order valence-corrected chi connectivity index (χ0v) is 10.1. The highest BCUT2D eigenvalue weighted by Gasteiger charge is 2.24. The maximum Gasteiger partial charge on any atom is 0.261 e. The standard InChI is InChI=1S/C13H17FN2O2/c14-10-5-3-4-9(8-15)12(10)18-11-6-1-2-7-16-13(11)17/h3-5,11H,1-2,6-8,15H2,(H,16,17). The molecule has 1 aliphatic rings. The van der Waals surface area contributed by atoms with Gasteiger partial charge in [-0.25, -0.2) is 4.39 Å². The number of nitrogens with two attached hydrogens (primary N) is 1. The molecule has 1 aliphatic heterocycles. The van der Waals surface area contributed by atoms with Crippen LogP contribution in [0.5, 0.6) is 5.75 Å². The van der Waals surface area contributed by atoms with Crippen molar-refractivity contribution >= 4 is 5.91 Å². The number of halogens is 1. The molecular formula is C13H17FN2O2. The van der Waals surface area contributed by atoms with E-state index < -0.39 is 11.9 Å². The van der Waals surface area contributed by atoms with Gasteiger partial charge in [0.1, 0.15) is 0 Å². The van der Waals surface area contributed by atoms with Crippen molar-refractivity contribution in [2.75, 3.05) is 6.54 Å². The predicted molar refractivity (Wildman–Crippen MR) is 65.6 cm³/mol. The van der Waals surface area contributed by atoms with Crippen LogP contribution in [0.1, 0.15) is 24.8 Å². The van der Waals surface area contributed by atoms with Crippen LogP contribution in [0.4, 0.5) is 4.39 Å². The van der Waals surface area contributed by atoms with E-state index >= 15 is 0 Å². The van der Waals surface area contributed by atoms with Gasteiger partial charge in [-0.3, -0.25) is 4.79 Å². The second-order valence-electron chi connectivity index (χ2n) is 4.33. The Balaban J connectivity index is 2.19. The summed E-state index contributed by atoms with van der Waals surface area (Å²) in [7, 11) is 0. The largest absolute Gasteiger partial charge is 0.477 e. The van der Waals surface area contributed by atoms with Crippen LogP contribution in [0, 0.1) is 5.82 Å². The Morgan fingerprint density at radius 1 is 1.44 bits per heavy atom. The summed E-state index contributed by atoms with van der Waals surface area (Å²) in [4.78, 5) is 11.7. The summed E-state index contributed by atoms with van der Waals surface area (Å²) in [5.41, 5.74) is 6.12. The molecule has 4 nitrogen and oxygen atoms in total. The Bertz CT molecular complexity index is 437. The van der Waals surface area contributed by atoms with Crippen LogP contribution in [-0.4, -0.2) is 18.6 Å². The van der Waals surface area contributed by atoms with Gasteiger partial charge in [-0.15, -0.1) is 0 Å². The minimum absolute atomic E-state index is 0.0991. The van der Waals surface area contributed by atoms with E-state index in [9.17, 15) is 9.18 Å². The molecule has 0 aromatic heterocycles. The Hall–Kier alpha value is -1.62. The number of hydrogen-bond acceptors (Lipinski definition) is 3. The van der Waals surface area contributed by atoms with Gasteiger partial charge in [0.2, 0.25) is 0 Å². The molecule has 1 heterocycles. The molecule has 0 spiro atoms. The molecule has 1 unspecified atom stereocenters. The van der Waals surface area contributed by atoms with Crippen LogP contribution in [0.25, 0.3) is 0 Å². The van der Waals surface area contributed by atoms with E-state index in [1.54, 1.807) is 12.1 Å². The Kier molecular flexibility index (Phi) is 4.15. The van der Waals surface area contributed by atoms with Gasteiger partial charge in [0.25, 0.3) is 5.91 Å². The van der Waals surface area contributed by atoms with Crippen molar-refractivity contribution in [1.29, 1.82) is 0 Å². The van der Waals surface area contributed by atoms with Crippen molar-refractivity contribution in [2.24, 2.45) is 5.73 Å². The molecule has 1 amide bonds. The van der Waals surface area contributed by atoms with Crippen LogP contribution in [-0.2, 0) is 11.3 Å². The third kappa shape index (κ3) is 2.79. The van der Waals surface area contributed by atoms with Crippen molar-refractivity contribution < 1.29 is 13.9 Å². The molecule has 2 rings (SSSR count). The van der Waals surface area contributed by atoms with Gasteiger partial charge in [-0.05, 0) is 25.3 Å². The number of amides is 1. The molecule has 0 radical (unpaired) electrons. The Labute approximate surface area is 105 Å². The van der Waals surface area contributed by atoms with Gasteiger partial charge in [-0.2, -0.15) is 0 Å². The minimum atomic E-state index is -0.630. The molecule has 3 N–H and O–H groups in total. The third-order valence-corrected chi connectivity index (χ3v) is 3.01. The lowest BCUT2D eigenvalue weighted by atomic mass is 10.1. The van der Waals surface area contributed by atoms with Gasteiger partial charge >= 0.3 is 0 Å². The van der Waals surface area contributed by atoms with Crippen LogP contribution >= 0.6 is 0 Å². The lowest BCUT2D eigenvalue weighted by Crippen LogP contribution is -2.36. The summed E-state index contributed by atoms with van der Waals surface area (Å²) >= 11 is 0. The maximum absolute atomic E-state index is 13.7. The molecule has 98 valence electrons. The fourth-order valence-electron chi connectivity index (χ4n) is 2.01. The highest BCUT2D eigenvalue weighted by molar-refractivity contribution is 5.81. The number of carbonyl (C=O) groups is 1. The monoisotopic (exact) mass is 252 g/mol. The molecule has 1 fully saturated rings. The Morgan fingerprint density at radius 3 is 3.06 bits per heavy atom. The van der Waals surface area contributed by atoms with Gasteiger partial charge < -0.3 is 15.8 Å². The topological polar surface area (TPSA) is 64.3 Å². The van der Waals surface area contributed by atoms with Crippen molar-refractivity contribution in [3.8, 4) is 5.75 Å². The van der Waals surface area contributed by atoms with E-state index in [2.05, 4.69) is 5.32 Å². The van der Waals surface area contributed by atoms with E-state index in [0.29, 0.717) is 18.5 Å². The number of rotatable bonds is 3. The van der Waals surface area contributed by atoms with Gasteiger partial charge in [0.05, 0.1) is 0 Å². The summed E-state index contributed by atoms with van der Waals surface area (Å²) in [6.07, 6.45) is 1.78. The molecule has 1 saturated heterocycles. The van der Waals surface area contributed by atoms with E-state index in [1.165, 1.54) is 6.07 Å². The molecule has 5 heteroatoms. The minimum Gasteiger partial charge on any atom is -0.477 e. The summed E-state index contributed by atoms with van der Waals surface area (Å²) in [5, 5.41) is 2.75. The van der Waals surface area contributed by atoms with E-state index in [-0.39, 0.29) is 18.2 Å². The molecule has 1 atom stereocenters. The fourth-order valence-corrected chi connectivity index (χ4v) is 2.01. The van der Waals surface area contributed by atoms with Crippen LogP contribution in [0.15, 0.2) is 18.2 Å². The average Bonchev–Trinajstić information content (AvgIpc) is 2.57. The van der Waals surface area contributed by atoms with Crippen molar-refractivity contribution in [2.45, 2.75) is 31.9 Å². The van der Waals surface area contributed by atoms with Gasteiger partial charge in [0.15, 0.2) is 17.7 Å². The number of hydrogen-bond donors (Lipinski definition) is 2. The lowest BCUT2D eigenvalue weighted by molar-refractivity contribution is -0.127. The van der Waals surface area contributed by atoms with Crippen LogP contribution in [0.2, 0.25) is 0 Å². The summed E-state index contributed by atoms with van der Waals surface area (Å²) in [6, 6.07) is 4.59. The molecule has 1 aromatic carbocycles. The van der Waals surface area contributed by atoms with Crippen molar-refractivity contribution in [1.82, 2.24) is 5.32 Å². The quantitative estimate of drug-likeness (QED) is 0.853. The Morgan fingerprint density at radius 2 is 2.28 bits per heavy atom. The summed E-state index contributed by atoms with van der Waals surface area (Å²) < 4.78 is 19.2. The zero-order valence-electron chi connectivity index (χ0n) is 10.1. The first-order chi connectivity index (χ1) is 8.72. The lowest BCUT2D eigenvalue weighted by Gasteiger charge is -2.18. The van der Waals surface area contributed by atoms with E-state index in [0.717, 1.165) is 12.8 Å². The van der Waals surface area contributed by atoms with Crippen molar-refractivity contribution in [3.63, 3.8) is 0 Å². The van der Waals surface area contributed by atoms with Gasteiger partial charge in [-0.1, -0.05) is 12.1 Å². The highest BCUT2D eigenvalue weighted by atomic mass is 19.1. The predicted octanol–water partition coefficient (Wildman–Crippen LogP) is 1.33. The molecule has 1 aromatic rings. The number of nitrogens with one attached hydrogen (secondary N) is 1. The van der Waals surface area contributed by atoms with Gasteiger partial charge in [0, 0.05) is 18.7 Å². The van der Waals surface area contributed by atoms with E-state index in [4.69, 9.17) is 10.5 Å². The molecular weight excluding hydrogens is 235 g/mol. The second-order valence-corrected chi connectivity index (χ2v) is 4.33. The number of benzene rings is 1. The first-order valence-corrected chi connectivity index (χ1v) is 6.14. The van der Waals surface area contributed by atoms with Crippen LogP contribution in [0.3, 0.4) is 0 Å².